The summed E-state index contributed by atoms with van der Waals surface area (Å²) in [6, 6.07) is 4.28. The van der Waals surface area contributed by atoms with Crippen LogP contribution in [-0.4, -0.2) is 66.8 Å². The van der Waals surface area contributed by atoms with Crippen molar-refractivity contribution in [3.05, 3.63) is 21.8 Å². The molecule has 1 aliphatic heterocycles. The van der Waals surface area contributed by atoms with Crippen LogP contribution in [0.3, 0.4) is 0 Å². The maximum Gasteiger partial charge on any atom is 0.339 e. The van der Waals surface area contributed by atoms with Crippen molar-refractivity contribution in [2.45, 2.75) is 51.5 Å². The summed E-state index contributed by atoms with van der Waals surface area (Å²) in [5.41, 5.74) is 0. The van der Waals surface area contributed by atoms with Gasteiger partial charge < -0.3 is 33.5 Å². The van der Waals surface area contributed by atoms with Crippen molar-refractivity contribution in [3.8, 4) is 11.5 Å². The third kappa shape index (κ3) is 6.69. The molecule has 12 heteroatoms. The van der Waals surface area contributed by atoms with E-state index in [9.17, 15) is 24.3 Å². The lowest BCUT2D eigenvalue weighted by molar-refractivity contribution is -0.282. The SMILES string of the molecule is COC(=O)[C@H]1O[C@@H](Oc2cc(O)cc(I)c2)[C@H](OC(C)=O)[C@@H](OC(C)=O)[C@@H]1OC(C)=O. The van der Waals surface area contributed by atoms with Gasteiger partial charge in [-0.15, -0.1) is 0 Å². The Hall–Kier alpha value is -2.61. The van der Waals surface area contributed by atoms with Crippen molar-refractivity contribution < 1.29 is 52.7 Å². The average Bonchev–Trinajstić information content (AvgIpc) is 2.63. The molecular formula is C19H21IO11. The fourth-order valence-electron chi connectivity index (χ4n) is 2.92. The first-order valence-corrected chi connectivity index (χ1v) is 10.0. The number of carbonyl (C=O) groups excluding carboxylic acids is 4. The molecule has 5 atom stereocenters. The molecule has 0 radical (unpaired) electrons. The number of halogens is 1. The summed E-state index contributed by atoms with van der Waals surface area (Å²) in [6.07, 6.45) is -7.41. The van der Waals surface area contributed by atoms with Crippen molar-refractivity contribution in [2.75, 3.05) is 7.11 Å². The van der Waals surface area contributed by atoms with E-state index in [1.165, 1.54) is 12.1 Å². The number of carbonyl (C=O) groups is 4. The van der Waals surface area contributed by atoms with Crippen LogP contribution in [-0.2, 0) is 42.9 Å². The van der Waals surface area contributed by atoms with Crippen LogP contribution in [0.5, 0.6) is 11.5 Å². The van der Waals surface area contributed by atoms with Crippen LogP contribution in [0.15, 0.2) is 18.2 Å². The van der Waals surface area contributed by atoms with Gasteiger partial charge in [0, 0.05) is 30.4 Å². The highest BCUT2D eigenvalue weighted by Gasteiger charge is 2.55. The van der Waals surface area contributed by atoms with Crippen LogP contribution in [0.1, 0.15) is 20.8 Å². The van der Waals surface area contributed by atoms with Crippen LogP contribution in [0.2, 0.25) is 0 Å². The number of benzene rings is 1. The van der Waals surface area contributed by atoms with E-state index in [1.54, 1.807) is 6.07 Å². The molecule has 11 nitrogen and oxygen atoms in total. The minimum Gasteiger partial charge on any atom is -0.508 e. The smallest absolute Gasteiger partial charge is 0.339 e. The maximum absolute atomic E-state index is 12.3. The normalized spacial score (nSPS) is 25.1. The molecule has 1 aliphatic rings. The van der Waals surface area contributed by atoms with E-state index in [-0.39, 0.29) is 11.5 Å². The molecule has 0 aromatic heterocycles. The fourth-order valence-corrected chi connectivity index (χ4v) is 3.55. The molecule has 0 unspecified atom stereocenters. The van der Waals surface area contributed by atoms with E-state index in [1.807, 2.05) is 22.6 Å². The molecular weight excluding hydrogens is 531 g/mol. The summed E-state index contributed by atoms with van der Waals surface area (Å²) in [4.78, 5) is 47.5. The summed E-state index contributed by atoms with van der Waals surface area (Å²) in [7, 11) is 1.09. The van der Waals surface area contributed by atoms with Gasteiger partial charge in [-0.1, -0.05) is 0 Å². The number of ether oxygens (including phenoxy) is 6. The molecule has 31 heavy (non-hydrogen) atoms. The van der Waals surface area contributed by atoms with Gasteiger partial charge in [0.15, 0.2) is 18.3 Å². The van der Waals surface area contributed by atoms with E-state index in [2.05, 4.69) is 0 Å². The molecule has 0 spiro atoms. The van der Waals surface area contributed by atoms with Crippen LogP contribution < -0.4 is 4.74 Å². The molecule has 1 N–H and O–H groups in total. The Balaban J connectivity index is 2.52. The van der Waals surface area contributed by atoms with E-state index in [0.717, 1.165) is 27.9 Å². The first kappa shape index (κ1) is 24.7. The number of phenols is 1. The Labute approximate surface area is 191 Å². The van der Waals surface area contributed by atoms with Crippen LogP contribution in [0.25, 0.3) is 0 Å². The molecule has 0 aliphatic carbocycles. The van der Waals surface area contributed by atoms with Gasteiger partial charge in [0.2, 0.25) is 12.4 Å². The average molecular weight is 552 g/mol. The molecule has 2 rings (SSSR count). The number of hydrogen-bond acceptors (Lipinski definition) is 11. The summed E-state index contributed by atoms with van der Waals surface area (Å²) in [6.45, 7) is 3.27. The predicted octanol–water partition coefficient (Wildman–Crippen LogP) is 1.07. The van der Waals surface area contributed by atoms with Crippen LogP contribution in [0, 0.1) is 3.57 Å². The predicted molar refractivity (Wildman–Crippen MR) is 109 cm³/mol. The van der Waals surface area contributed by atoms with Crippen LogP contribution in [0.4, 0.5) is 0 Å². The number of rotatable bonds is 6. The lowest BCUT2D eigenvalue weighted by atomic mass is 9.97. The van der Waals surface area contributed by atoms with Crippen molar-refractivity contribution in [1.82, 2.24) is 0 Å². The number of aromatic hydroxyl groups is 1. The molecule has 1 fully saturated rings. The van der Waals surface area contributed by atoms with E-state index in [0.29, 0.717) is 3.57 Å². The quantitative estimate of drug-likeness (QED) is 0.308. The Morgan fingerprint density at radius 2 is 1.45 bits per heavy atom. The van der Waals surface area contributed by atoms with Crippen molar-refractivity contribution in [1.29, 1.82) is 0 Å². The third-order valence-electron chi connectivity index (χ3n) is 3.94. The van der Waals surface area contributed by atoms with Gasteiger partial charge in [-0.3, -0.25) is 14.4 Å². The molecule has 0 bridgehead atoms. The number of methoxy groups -OCH3 is 1. The van der Waals surface area contributed by atoms with E-state index < -0.39 is 54.6 Å². The van der Waals surface area contributed by atoms with Crippen LogP contribution >= 0.6 is 22.6 Å². The second-order valence-corrected chi connectivity index (χ2v) is 7.68. The van der Waals surface area contributed by atoms with Gasteiger partial charge in [-0.25, -0.2) is 4.79 Å². The summed E-state index contributed by atoms with van der Waals surface area (Å²) in [5, 5.41) is 9.81. The monoisotopic (exact) mass is 552 g/mol. The molecule has 0 amide bonds. The molecule has 1 aromatic rings. The number of hydrogen-bond donors (Lipinski definition) is 1. The van der Waals surface area contributed by atoms with Gasteiger partial charge in [0.25, 0.3) is 0 Å². The number of phenolic OH excluding ortho intramolecular Hbond substituents is 1. The Morgan fingerprint density at radius 1 is 0.903 bits per heavy atom. The second kappa shape index (κ2) is 10.6. The van der Waals surface area contributed by atoms with Gasteiger partial charge in [0.1, 0.15) is 11.5 Å². The zero-order valence-electron chi connectivity index (χ0n) is 17.0. The van der Waals surface area contributed by atoms with Gasteiger partial charge in [-0.05, 0) is 34.7 Å². The highest BCUT2D eigenvalue weighted by atomic mass is 127. The first-order chi connectivity index (χ1) is 14.5. The molecule has 1 heterocycles. The Bertz CT molecular complexity index is 835. The van der Waals surface area contributed by atoms with Gasteiger partial charge in [-0.2, -0.15) is 0 Å². The summed E-state index contributed by atoms with van der Waals surface area (Å²) < 4.78 is 32.3. The van der Waals surface area contributed by atoms with E-state index >= 15 is 0 Å². The topological polar surface area (TPSA) is 144 Å². The van der Waals surface area contributed by atoms with Crippen molar-refractivity contribution in [3.63, 3.8) is 0 Å². The highest BCUT2D eigenvalue weighted by Crippen LogP contribution is 2.32. The zero-order chi connectivity index (χ0) is 23.3. The highest BCUT2D eigenvalue weighted by molar-refractivity contribution is 14.1. The zero-order valence-corrected chi connectivity index (χ0v) is 19.2. The molecule has 0 saturated carbocycles. The summed E-state index contributed by atoms with van der Waals surface area (Å²) in [5.74, 6) is -3.31. The van der Waals surface area contributed by atoms with Gasteiger partial charge in [0.05, 0.1) is 7.11 Å². The van der Waals surface area contributed by atoms with Crippen molar-refractivity contribution >= 4 is 46.5 Å². The minimum absolute atomic E-state index is 0.111. The standard InChI is InChI=1S/C19H21IO11/c1-8(21)27-14-15(28-9(2)22)17(29-10(3)23)19(31-16(14)18(25)26-4)30-13-6-11(20)5-12(24)7-13/h5-7,14-17,19,24H,1-4H3/t14-,15-,16-,17+,19+/m0/s1. The molecule has 1 saturated heterocycles. The fraction of sp³-hybridized carbons (Fsp3) is 0.474. The minimum atomic E-state index is -1.56. The Kier molecular flexibility index (Phi) is 8.44. The lowest BCUT2D eigenvalue weighted by Crippen LogP contribution is -2.64. The summed E-state index contributed by atoms with van der Waals surface area (Å²) >= 11 is 1.94. The molecule has 1 aromatic carbocycles. The first-order valence-electron chi connectivity index (χ1n) is 8.93. The van der Waals surface area contributed by atoms with E-state index in [4.69, 9.17) is 28.4 Å². The maximum atomic E-state index is 12.3. The lowest BCUT2D eigenvalue weighted by Gasteiger charge is -2.43. The molecule has 170 valence electrons. The third-order valence-corrected chi connectivity index (χ3v) is 4.57. The largest absolute Gasteiger partial charge is 0.508 e. The van der Waals surface area contributed by atoms with Gasteiger partial charge >= 0.3 is 23.9 Å². The number of esters is 4. The second-order valence-electron chi connectivity index (χ2n) is 6.43. The Morgan fingerprint density at radius 3 is 1.97 bits per heavy atom. The van der Waals surface area contributed by atoms with Crippen molar-refractivity contribution in [2.24, 2.45) is 0 Å².